The maximum absolute atomic E-state index is 6.27. The molecular weight excluding hydrogens is 244 g/mol. The average Bonchev–Trinajstić information content (AvgIpc) is 2.35. The quantitative estimate of drug-likeness (QED) is 0.832. The van der Waals surface area contributed by atoms with Crippen molar-refractivity contribution in [2.45, 2.75) is 51.6 Å². The molecule has 1 saturated heterocycles. The van der Waals surface area contributed by atoms with Gasteiger partial charge in [-0.1, -0.05) is 37.4 Å². The molecule has 1 heterocycles. The zero-order chi connectivity index (χ0) is 13.0. The number of nitrogens with zero attached hydrogens (tertiary/aromatic N) is 1. The molecule has 1 atom stereocenters. The van der Waals surface area contributed by atoms with Gasteiger partial charge in [-0.05, 0) is 43.5 Å². The van der Waals surface area contributed by atoms with Gasteiger partial charge in [0.25, 0.3) is 0 Å². The summed E-state index contributed by atoms with van der Waals surface area (Å²) in [7, 11) is 0. The molecule has 0 aliphatic carbocycles. The van der Waals surface area contributed by atoms with E-state index in [0.717, 1.165) is 23.3 Å². The Bertz CT molecular complexity index is 390. The summed E-state index contributed by atoms with van der Waals surface area (Å²) >= 11 is 6.27. The lowest BCUT2D eigenvalue weighted by molar-refractivity contribution is 0.131. The third-order valence-electron chi connectivity index (χ3n) is 3.82. The van der Waals surface area contributed by atoms with Gasteiger partial charge in [-0.3, -0.25) is 4.90 Å². The first-order chi connectivity index (χ1) is 8.70. The molecule has 0 radical (unpaired) electrons. The number of nitrogens with two attached hydrogens (primary N) is 1. The molecule has 2 rings (SSSR count). The highest BCUT2D eigenvalue weighted by atomic mass is 35.5. The second-order valence-electron chi connectivity index (χ2n) is 5.26. The molecule has 1 unspecified atom stereocenters. The normalized spacial score (nSPS) is 21.1. The van der Waals surface area contributed by atoms with Gasteiger partial charge in [0.05, 0.1) is 0 Å². The lowest BCUT2D eigenvalue weighted by Gasteiger charge is -2.36. The number of likely N-dealkylation sites (tertiary alicyclic amines) is 1. The average molecular weight is 267 g/mol. The van der Waals surface area contributed by atoms with Gasteiger partial charge in [-0.25, -0.2) is 0 Å². The van der Waals surface area contributed by atoms with Crippen LogP contribution in [0, 0.1) is 0 Å². The van der Waals surface area contributed by atoms with Crippen LogP contribution in [0.1, 0.15) is 44.6 Å². The van der Waals surface area contributed by atoms with Crippen LogP contribution in [-0.4, -0.2) is 17.5 Å². The molecule has 18 heavy (non-hydrogen) atoms. The summed E-state index contributed by atoms with van der Waals surface area (Å²) < 4.78 is 0. The molecule has 2 nitrogen and oxygen atoms in total. The van der Waals surface area contributed by atoms with Crippen LogP contribution in [0.3, 0.4) is 0 Å². The third-order valence-corrected chi connectivity index (χ3v) is 4.17. The highest BCUT2D eigenvalue weighted by Gasteiger charge is 2.22. The van der Waals surface area contributed by atoms with E-state index < -0.39 is 0 Å². The van der Waals surface area contributed by atoms with Crippen molar-refractivity contribution in [3.8, 4) is 0 Å². The van der Waals surface area contributed by atoms with E-state index in [-0.39, 0.29) is 0 Å². The highest BCUT2D eigenvalue weighted by molar-refractivity contribution is 6.31. The van der Waals surface area contributed by atoms with Crippen LogP contribution in [0.4, 0.5) is 5.69 Å². The summed E-state index contributed by atoms with van der Waals surface area (Å²) in [4.78, 5) is 2.59. The summed E-state index contributed by atoms with van der Waals surface area (Å²) in [6.07, 6.45) is 6.58. The van der Waals surface area contributed by atoms with Gasteiger partial charge in [-0.2, -0.15) is 0 Å². The molecule has 100 valence electrons. The van der Waals surface area contributed by atoms with E-state index in [0.29, 0.717) is 0 Å². The van der Waals surface area contributed by atoms with Crippen LogP contribution in [-0.2, 0) is 6.54 Å². The molecule has 0 bridgehead atoms. The molecule has 1 aromatic carbocycles. The van der Waals surface area contributed by atoms with Gasteiger partial charge in [0, 0.05) is 23.3 Å². The van der Waals surface area contributed by atoms with Crippen molar-refractivity contribution < 1.29 is 0 Å². The second-order valence-corrected chi connectivity index (χ2v) is 5.67. The molecule has 3 heteroatoms. The number of anilines is 1. The molecule has 1 aliphatic rings. The minimum Gasteiger partial charge on any atom is -0.399 e. The first-order valence-electron chi connectivity index (χ1n) is 6.98. The molecule has 1 fully saturated rings. The third kappa shape index (κ3) is 3.39. The van der Waals surface area contributed by atoms with Crippen LogP contribution in [0.15, 0.2) is 18.2 Å². The lowest BCUT2D eigenvalue weighted by atomic mass is 9.97. The van der Waals surface area contributed by atoms with E-state index in [9.17, 15) is 0 Å². The van der Waals surface area contributed by atoms with Crippen molar-refractivity contribution in [1.82, 2.24) is 4.90 Å². The van der Waals surface area contributed by atoms with Gasteiger partial charge < -0.3 is 5.73 Å². The Labute approximate surface area is 115 Å². The molecular formula is C15H23ClN2. The number of hydrogen-bond acceptors (Lipinski definition) is 2. The van der Waals surface area contributed by atoms with Crippen molar-refractivity contribution in [3.05, 3.63) is 28.8 Å². The fraction of sp³-hybridized carbons (Fsp3) is 0.600. The van der Waals surface area contributed by atoms with E-state index in [1.165, 1.54) is 44.2 Å². The molecule has 1 aromatic rings. The Morgan fingerprint density at radius 1 is 1.39 bits per heavy atom. The van der Waals surface area contributed by atoms with Crippen LogP contribution >= 0.6 is 11.6 Å². The Balaban J connectivity index is 2.06. The first kappa shape index (κ1) is 13.7. The molecule has 2 N–H and O–H groups in total. The fourth-order valence-corrected chi connectivity index (χ4v) is 3.09. The Kier molecular flexibility index (Phi) is 4.90. The van der Waals surface area contributed by atoms with Gasteiger partial charge in [-0.15, -0.1) is 0 Å². The maximum Gasteiger partial charge on any atom is 0.0471 e. The minimum atomic E-state index is 0.734. The molecule has 0 aromatic heterocycles. The summed E-state index contributed by atoms with van der Waals surface area (Å²) in [6.45, 7) is 4.43. The van der Waals surface area contributed by atoms with E-state index in [1.54, 1.807) is 0 Å². The zero-order valence-electron chi connectivity index (χ0n) is 11.2. The molecule has 0 spiro atoms. The van der Waals surface area contributed by atoms with Gasteiger partial charge in [0.15, 0.2) is 0 Å². The van der Waals surface area contributed by atoms with Crippen LogP contribution in [0.25, 0.3) is 0 Å². The van der Waals surface area contributed by atoms with Gasteiger partial charge >= 0.3 is 0 Å². The monoisotopic (exact) mass is 266 g/mol. The number of hydrogen-bond donors (Lipinski definition) is 1. The zero-order valence-corrected chi connectivity index (χ0v) is 11.9. The number of benzene rings is 1. The van der Waals surface area contributed by atoms with E-state index in [2.05, 4.69) is 17.9 Å². The number of halogens is 1. The number of nitrogen functional groups attached to an aromatic ring is 1. The predicted molar refractivity (Wildman–Crippen MR) is 78.8 cm³/mol. The summed E-state index contributed by atoms with van der Waals surface area (Å²) in [5, 5.41) is 0.802. The Hall–Kier alpha value is -0.730. The largest absolute Gasteiger partial charge is 0.399 e. The first-order valence-corrected chi connectivity index (χ1v) is 7.36. The number of piperidine rings is 1. The van der Waals surface area contributed by atoms with E-state index >= 15 is 0 Å². The topological polar surface area (TPSA) is 29.3 Å². The van der Waals surface area contributed by atoms with Crippen molar-refractivity contribution in [3.63, 3.8) is 0 Å². The van der Waals surface area contributed by atoms with E-state index in [4.69, 9.17) is 17.3 Å². The smallest absolute Gasteiger partial charge is 0.0471 e. The fourth-order valence-electron chi connectivity index (χ4n) is 2.84. The Morgan fingerprint density at radius 2 is 2.22 bits per heavy atom. The summed E-state index contributed by atoms with van der Waals surface area (Å²) in [6, 6.07) is 6.60. The van der Waals surface area contributed by atoms with Crippen LogP contribution in [0.5, 0.6) is 0 Å². The van der Waals surface area contributed by atoms with Crippen molar-refractivity contribution >= 4 is 17.3 Å². The van der Waals surface area contributed by atoms with Gasteiger partial charge in [0.1, 0.15) is 0 Å². The Morgan fingerprint density at radius 3 is 2.94 bits per heavy atom. The standard InChI is InChI=1S/C15H23ClN2/c1-2-5-14-6-3-4-9-18(14)11-12-7-8-13(17)10-15(12)16/h7-8,10,14H,2-6,9,11,17H2,1H3. The summed E-state index contributed by atoms with van der Waals surface area (Å²) in [5.41, 5.74) is 7.68. The van der Waals surface area contributed by atoms with E-state index in [1.807, 2.05) is 12.1 Å². The number of rotatable bonds is 4. The molecule has 0 saturated carbocycles. The van der Waals surface area contributed by atoms with Crippen molar-refractivity contribution in [2.75, 3.05) is 12.3 Å². The minimum absolute atomic E-state index is 0.734. The maximum atomic E-state index is 6.27. The molecule has 1 aliphatic heterocycles. The highest BCUT2D eigenvalue weighted by Crippen LogP contribution is 2.26. The van der Waals surface area contributed by atoms with Gasteiger partial charge in [0.2, 0.25) is 0 Å². The van der Waals surface area contributed by atoms with Crippen LogP contribution < -0.4 is 5.73 Å². The SMILES string of the molecule is CCCC1CCCCN1Cc1ccc(N)cc1Cl. The molecule has 0 amide bonds. The summed E-state index contributed by atoms with van der Waals surface area (Å²) in [5.74, 6) is 0. The van der Waals surface area contributed by atoms with Crippen molar-refractivity contribution in [2.24, 2.45) is 0 Å². The van der Waals surface area contributed by atoms with Crippen molar-refractivity contribution in [1.29, 1.82) is 0 Å². The van der Waals surface area contributed by atoms with Crippen LogP contribution in [0.2, 0.25) is 5.02 Å². The predicted octanol–water partition coefficient (Wildman–Crippen LogP) is 4.08. The second kappa shape index (κ2) is 6.44. The lowest BCUT2D eigenvalue weighted by Crippen LogP contribution is -2.38.